The lowest BCUT2D eigenvalue weighted by atomic mass is 9.94. The van der Waals surface area contributed by atoms with Crippen LogP contribution in [0.1, 0.15) is 26.7 Å². The molecule has 0 aliphatic carbocycles. The standard InChI is InChI=1S/C13H27N3O/c1-10(2)12(9-14-3)13(17)15-11-5-7-16(4)8-6-11/h10-12,14H,5-9H2,1-4H3,(H,15,17). The van der Waals surface area contributed by atoms with Gasteiger partial charge in [0, 0.05) is 12.6 Å². The first-order valence-electron chi connectivity index (χ1n) is 6.68. The van der Waals surface area contributed by atoms with E-state index in [0.717, 1.165) is 32.5 Å². The molecular formula is C13H27N3O. The van der Waals surface area contributed by atoms with Crippen LogP contribution in [-0.4, -0.2) is 50.6 Å². The zero-order valence-electron chi connectivity index (χ0n) is 11.6. The Hall–Kier alpha value is -0.610. The van der Waals surface area contributed by atoms with Crippen molar-refractivity contribution in [1.29, 1.82) is 0 Å². The second-order valence-corrected chi connectivity index (χ2v) is 5.49. The summed E-state index contributed by atoms with van der Waals surface area (Å²) in [7, 11) is 4.04. The number of likely N-dealkylation sites (tertiary alicyclic amines) is 1. The monoisotopic (exact) mass is 241 g/mol. The molecule has 1 saturated heterocycles. The Kier molecular flexibility index (Phi) is 5.92. The van der Waals surface area contributed by atoms with E-state index in [4.69, 9.17) is 0 Å². The lowest BCUT2D eigenvalue weighted by molar-refractivity contribution is -0.127. The third kappa shape index (κ3) is 4.64. The first-order valence-corrected chi connectivity index (χ1v) is 6.68. The Morgan fingerprint density at radius 3 is 2.41 bits per heavy atom. The van der Waals surface area contributed by atoms with E-state index in [0.29, 0.717) is 12.0 Å². The summed E-state index contributed by atoms with van der Waals surface area (Å²) in [5, 5.41) is 6.31. The molecule has 0 spiro atoms. The van der Waals surface area contributed by atoms with Crippen LogP contribution in [0.2, 0.25) is 0 Å². The molecule has 2 N–H and O–H groups in total. The minimum absolute atomic E-state index is 0.0830. The fraction of sp³-hybridized carbons (Fsp3) is 0.923. The Morgan fingerprint density at radius 1 is 1.35 bits per heavy atom. The minimum Gasteiger partial charge on any atom is -0.353 e. The highest BCUT2D eigenvalue weighted by Gasteiger charge is 2.25. The number of carbonyl (C=O) groups is 1. The molecule has 0 aromatic rings. The van der Waals surface area contributed by atoms with Crippen LogP contribution in [0, 0.1) is 11.8 Å². The average Bonchev–Trinajstić information content (AvgIpc) is 2.28. The van der Waals surface area contributed by atoms with Gasteiger partial charge in [0.2, 0.25) is 5.91 Å². The van der Waals surface area contributed by atoms with E-state index in [2.05, 4.69) is 36.4 Å². The Morgan fingerprint density at radius 2 is 1.94 bits per heavy atom. The van der Waals surface area contributed by atoms with Crippen LogP contribution < -0.4 is 10.6 Å². The number of amides is 1. The number of rotatable bonds is 5. The molecule has 1 heterocycles. The first-order chi connectivity index (χ1) is 8.04. The fourth-order valence-electron chi connectivity index (χ4n) is 2.31. The van der Waals surface area contributed by atoms with Crippen LogP contribution in [0.4, 0.5) is 0 Å². The van der Waals surface area contributed by atoms with Crippen molar-refractivity contribution in [3.8, 4) is 0 Å². The Bertz CT molecular complexity index is 235. The summed E-state index contributed by atoms with van der Waals surface area (Å²) < 4.78 is 0. The summed E-state index contributed by atoms with van der Waals surface area (Å²) in [5.41, 5.74) is 0. The van der Waals surface area contributed by atoms with Gasteiger partial charge >= 0.3 is 0 Å². The van der Waals surface area contributed by atoms with Gasteiger partial charge in [-0.15, -0.1) is 0 Å². The van der Waals surface area contributed by atoms with Gasteiger partial charge in [0.05, 0.1) is 5.92 Å². The molecule has 1 fully saturated rings. The zero-order valence-corrected chi connectivity index (χ0v) is 11.6. The molecule has 1 aliphatic rings. The highest BCUT2D eigenvalue weighted by molar-refractivity contribution is 5.79. The maximum absolute atomic E-state index is 12.2. The second-order valence-electron chi connectivity index (χ2n) is 5.49. The van der Waals surface area contributed by atoms with Crippen molar-refractivity contribution >= 4 is 5.91 Å². The molecule has 0 bridgehead atoms. The van der Waals surface area contributed by atoms with E-state index in [1.54, 1.807) is 0 Å². The number of hydrogen-bond acceptors (Lipinski definition) is 3. The maximum Gasteiger partial charge on any atom is 0.224 e. The van der Waals surface area contributed by atoms with Gasteiger partial charge in [-0.05, 0) is 45.9 Å². The molecular weight excluding hydrogens is 214 g/mol. The van der Waals surface area contributed by atoms with Gasteiger partial charge in [-0.3, -0.25) is 4.79 Å². The predicted octanol–water partition coefficient (Wildman–Crippen LogP) is 0.688. The number of piperidine rings is 1. The minimum atomic E-state index is 0.0830. The van der Waals surface area contributed by atoms with Crippen molar-refractivity contribution in [2.75, 3.05) is 33.7 Å². The van der Waals surface area contributed by atoms with Gasteiger partial charge in [-0.1, -0.05) is 13.8 Å². The molecule has 1 unspecified atom stereocenters. The SMILES string of the molecule is CNCC(C(=O)NC1CCN(C)CC1)C(C)C. The van der Waals surface area contributed by atoms with Gasteiger partial charge in [0.25, 0.3) is 0 Å². The number of nitrogens with one attached hydrogen (secondary N) is 2. The second kappa shape index (κ2) is 6.97. The highest BCUT2D eigenvalue weighted by atomic mass is 16.2. The first kappa shape index (κ1) is 14.5. The molecule has 0 aromatic carbocycles. The normalized spacial score (nSPS) is 20.5. The molecule has 0 saturated carbocycles. The molecule has 1 aliphatic heterocycles. The Labute approximate surface area is 105 Å². The van der Waals surface area contributed by atoms with E-state index in [-0.39, 0.29) is 11.8 Å². The van der Waals surface area contributed by atoms with Crippen molar-refractivity contribution in [3.63, 3.8) is 0 Å². The average molecular weight is 241 g/mol. The van der Waals surface area contributed by atoms with Gasteiger partial charge < -0.3 is 15.5 Å². The van der Waals surface area contributed by atoms with Crippen LogP contribution >= 0.6 is 0 Å². The largest absolute Gasteiger partial charge is 0.353 e. The van der Waals surface area contributed by atoms with Crippen molar-refractivity contribution in [1.82, 2.24) is 15.5 Å². The summed E-state index contributed by atoms with van der Waals surface area (Å²) in [4.78, 5) is 14.5. The maximum atomic E-state index is 12.2. The topological polar surface area (TPSA) is 44.4 Å². The summed E-state index contributed by atoms with van der Waals surface area (Å²) in [5.74, 6) is 0.678. The molecule has 0 radical (unpaired) electrons. The predicted molar refractivity (Wildman–Crippen MR) is 70.9 cm³/mol. The van der Waals surface area contributed by atoms with Crippen LogP contribution in [-0.2, 0) is 4.79 Å². The van der Waals surface area contributed by atoms with Gasteiger partial charge in [-0.2, -0.15) is 0 Å². The van der Waals surface area contributed by atoms with E-state index in [1.807, 2.05) is 7.05 Å². The van der Waals surface area contributed by atoms with Crippen LogP contribution in [0.5, 0.6) is 0 Å². The van der Waals surface area contributed by atoms with Crippen LogP contribution in [0.25, 0.3) is 0 Å². The third-order valence-electron chi connectivity index (χ3n) is 3.63. The quantitative estimate of drug-likeness (QED) is 0.744. The van der Waals surface area contributed by atoms with Crippen molar-refractivity contribution < 1.29 is 4.79 Å². The van der Waals surface area contributed by atoms with Gasteiger partial charge in [0.1, 0.15) is 0 Å². The van der Waals surface area contributed by atoms with Crippen molar-refractivity contribution in [2.45, 2.75) is 32.7 Å². The smallest absolute Gasteiger partial charge is 0.224 e. The summed E-state index contributed by atoms with van der Waals surface area (Å²) in [6.07, 6.45) is 2.15. The van der Waals surface area contributed by atoms with E-state index in [1.165, 1.54) is 0 Å². The third-order valence-corrected chi connectivity index (χ3v) is 3.63. The molecule has 1 atom stereocenters. The lowest BCUT2D eigenvalue weighted by Crippen LogP contribution is -2.47. The zero-order chi connectivity index (χ0) is 12.8. The lowest BCUT2D eigenvalue weighted by Gasteiger charge is -2.31. The number of hydrogen-bond donors (Lipinski definition) is 2. The Balaban J connectivity index is 2.41. The molecule has 0 aromatic heterocycles. The van der Waals surface area contributed by atoms with Gasteiger partial charge in [0.15, 0.2) is 0 Å². The number of nitrogens with zero attached hydrogens (tertiary/aromatic N) is 1. The fourth-order valence-corrected chi connectivity index (χ4v) is 2.31. The molecule has 4 nitrogen and oxygen atoms in total. The summed E-state index contributed by atoms with van der Waals surface area (Å²) in [6, 6.07) is 0.372. The van der Waals surface area contributed by atoms with Gasteiger partial charge in [-0.25, -0.2) is 0 Å². The summed E-state index contributed by atoms with van der Waals surface area (Å²) in [6.45, 7) is 7.15. The van der Waals surface area contributed by atoms with E-state index in [9.17, 15) is 4.79 Å². The molecule has 100 valence electrons. The summed E-state index contributed by atoms with van der Waals surface area (Å²) >= 11 is 0. The highest BCUT2D eigenvalue weighted by Crippen LogP contribution is 2.13. The molecule has 17 heavy (non-hydrogen) atoms. The number of carbonyl (C=O) groups excluding carboxylic acids is 1. The van der Waals surface area contributed by atoms with E-state index < -0.39 is 0 Å². The van der Waals surface area contributed by atoms with Crippen molar-refractivity contribution in [2.24, 2.45) is 11.8 Å². The molecule has 1 rings (SSSR count). The van der Waals surface area contributed by atoms with E-state index >= 15 is 0 Å². The van der Waals surface area contributed by atoms with Crippen molar-refractivity contribution in [3.05, 3.63) is 0 Å². The van der Waals surface area contributed by atoms with Crippen LogP contribution in [0.3, 0.4) is 0 Å². The molecule has 1 amide bonds. The molecule has 4 heteroatoms. The van der Waals surface area contributed by atoms with Crippen LogP contribution in [0.15, 0.2) is 0 Å².